The van der Waals surface area contributed by atoms with E-state index in [4.69, 9.17) is 0 Å². The molecule has 2 aromatic carbocycles. The number of carbonyl (C=O) groups is 2. The fraction of sp³-hybridized carbons (Fsp3) is 0.154. The van der Waals surface area contributed by atoms with Crippen molar-refractivity contribution in [2.75, 3.05) is 6.54 Å². The summed E-state index contributed by atoms with van der Waals surface area (Å²) in [6.45, 7) is 0.492. The van der Waals surface area contributed by atoms with Crippen LogP contribution in [-0.4, -0.2) is 38.2 Å². The Balaban J connectivity index is 1.61. The number of H-pyrrole nitrogens is 1. The van der Waals surface area contributed by atoms with E-state index >= 15 is 0 Å². The zero-order chi connectivity index (χ0) is 23.8. The van der Waals surface area contributed by atoms with Crippen molar-refractivity contribution in [1.29, 1.82) is 0 Å². The number of pyridine rings is 1. The van der Waals surface area contributed by atoms with Gasteiger partial charge in [0.1, 0.15) is 17.6 Å². The number of hydrogen-bond donors (Lipinski definition) is 2. The van der Waals surface area contributed by atoms with Crippen LogP contribution in [0.1, 0.15) is 33.2 Å². The molecule has 0 bridgehead atoms. The summed E-state index contributed by atoms with van der Waals surface area (Å²) in [4.78, 5) is 39.4. The summed E-state index contributed by atoms with van der Waals surface area (Å²) in [7, 11) is 0. The molecule has 0 radical (unpaired) electrons. The monoisotopic (exact) mass is 457 g/mol. The van der Waals surface area contributed by atoms with Crippen LogP contribution < -0.4 is 5.32 Å². The Kier molecular flexibility index (Phi) is 7.39. The Morgan fingerprint density at radius 3 is 2.50 bits per heavy atom. The molecule has 0 aliphatic heterocycles. The molecule has 7 nitrogen and oxygen atoms in total. The number of nitrogens with zero attached hydrogens (tertiary/aromatic N) is 3. The minimum Gasteiger partial charge on any atom is -0.354 e. The van der Waals surface area contributed by atoms with E-state index in [-0.39, 0.29) is 36.4 Å². The van der Waals surface area contributed by atoms with E-state index in [1.807, 2.05) is 30.3 Å². The van der Waals surface area contributed by atoms with Gasteiger partial charge in [0.15, 0.2) is 0 Å². The van der Waals surface area contributed by atoms with E-state index in [0.717, 1.165) is 11.1 Å². The number of aromatic nitrogens is 3. The van der Waals surface area contributed by atoms with Crippen LogP contribution in [0.2, 0.25) is 0 Å². The molecule has 0 aliphatic carbocycles. The van der Waals surface area contributed by atoms with Gasteiger partial charge in [-0.25, -0.2) is 9.37 Å². The summed E-state index contributed by atoms with van der Waals surface area (Å²) >= 11 is 0. The Hall–Kier alpha value is -4.33. The molecule has 2 heterocycles. The second-order valence-corrected chi connectivity index (χ2v) is 7.74. The van der Waals surface area contributed by atoms with E-state index in [9.17, 15) is 14.0 Å². The number of halogens is 1. The van der Waals surface area contributed by atoms with Crippen LogP contribution in [0.15, 0.2) is 91.6 Å². The van der Waals surface area contributed by atoms with Gasteiger partial charge in [0, 0.05) is 31.0 Å². The molecular formula is C26H24FN5O2. The number of benzene rings is 2. The number of rotatable bonds is 9. The quantitative estimate of drug-likeness (QED) is 0.401. The molecule has 4 rings (SSSR count). The number of amides is 2. The van der Waals surface area contributed by atoms with Crippen molar-refractivity contribution in [2.24, 2.45) is 0 Å². The molecule has 4 aromatic rings. The van der Waals surface area contributed by atoms with Crippen LogP contribution in [0.25, 0.3) is 0 Å². The van der Waals surface area contributed by atoms with Crippen molar-refractivity contribution in [3.05, 3.63) is 120 Å². The van der Waals surface area contributed by atoms with E-state index in [1.165, 1.54) is 29.6 Å². The number of aromatic amines is 1. The van der Waals surface area contributed by atoms with Crippen molar-refractivity contribution >= 4 is 11.8 Å². The normalized spacial score (nSPS) is 11.6. The molecule has 34 heavy (non-hydrogen) atoms. The van der Waals surface area contributed by atoms with Gasteiger partial charge < -0.3 is 15.2 Å². The van der Waals surface area contributed by atoms with Gasteiger partial charge in [0.25, 0.3) is 5.91 Å². The lowest BCUT2D eigenvalue weighted by Crippen LogP contribution is -2.44. The Morgan fingerprint density at radius 2 is 1.79 bits per heavy atom. The molecule has 0 saturated heterocycles. The molecular weight excluding hydrogens is 433 g/mol. The van der Waals surface area contributed by atoms with Gasteiger partial charge >= 0.3 is 0 Å². The van der Waals surface area contributed by atoms with Crippen LogP contribution in [0.5, 0.6) is 0 Å². The van der Waals surface area contributed by atoms with E-state index < -0.39 is 6.04 Å². The summed E-state index contributed by atoms with van der Waals surface area (Å²) in [5, 5.41) is 2.91. The Labute approximate surface area is 196 Å². The van der Waals surface area contributed by atoms with Gasteiger partial charge in [-0.15, -0.1) is 0 Å². The largest absolute Gasteiger partial charge is 0.354 e. The van der Waals surface area contributed by atoms with Crippen LogP contribution in [0.3, 0.4) is 0 Å². The van der Waals surface area contributed by atoms with Crippen LogP contribution in [-0.2, 0) is 17.8 Å². The third-order valence-electron chi connectivity index (χ3n) is 5.35. The first kappa shape index (κ1) is 22.8. The maximum absolute atomic E-state index is 13.5. The number of nitrogens with one attached hydrogen (secondary N) is 2. The average molecular weight is 458 g/mol. The lowest BCUT2D eigenvalue weighted by Gasteiger charge is -2.31. The molecule has 0 fully saturated rings. The van der Waals surface area contributed by atoms with Gasteiger partial charge in [0.05, 0.1) is 12.5 Å². The van der Waals surface area contributed by atoms with Gasteiger partial charge in [-0.2, -0.15) is 0 Å². The highest BCUT2D eigenvalue weighted by Gasteiger charge is 2.32. The highest BCUT2D eigenvalue weighted by atomic mass is 19.1. The molecule has 8 heteroatoms. The molecule has 0 aliphatic rings. The summed E-state index contributed by atoms with van der Waals surface area (Å²) in [5.74, 6) is -1.04. The molecule has 2 amide bonds. The first-order valence-corrected chi connectivity index (χ1v) is 10.9. The number of imidazole rings is 1. The third kappa shape index (κ3) is 5.72. The predicted molar refractivity (Wildman–Crippen MR) is 125 cm³/mol. The standard InChI is InChI=1S/C26H24FN5O2/c27-22-10-4-8-19(14-22)11-13-30-25(33)24(21-9-5-12-28-15-21)32(17-20-6-2-1-3-7-20)26(34)23-16-29-18-31-23/h1-10,12,14-16,18,24H,11,13,17H2,(H,29,31)(H,30,33). The smallest absolute Gasteiger partial charge is 0.273 e. The predicted octanol–water partition coefficient (Wildman–Crippen LogP) is 3.69. The van der Waals surface area contributed by atoms with Crippen molar-refractivity contribution in [3.63, 3.8) is 0 Å². The average Bonchev–Trinajstić information content (AvgIpc) is 3.40. The number of hydrogen-bond acceptors (Lipinski definition) is 4. The zero-order valence-electron chi connectivity index (χ0n) is 18.4. The second kappa shape index (κ2) is 11.0. The first-order valence-electron chi connectivity index (χ1n) is 10.9. The highest BCUT2D eigenvalue weighted by Crippen LogP contribution is 2.25. The molecule has 1 unspecified atom stereocenters. The van der Waals surface area contributed by atoms with Crippen molar-refractivity contribution < 1.29 is 14.0 Å². The summed E-state index contributed by atoms with van der Waals surface area (Å²) in [6, 6.07) is 18.3. The lowest BCUT2D eigenvalue weighted by atomic mass is 10.0. The minimum absolute atomic E-state index is 0.204. The van der Waals surface area contributed by atoms with Gasteiger partial charge in [-0.05, 0) is 35.7 Å². The maximum Gasteiger partial charge on any atom is 0.273 e. The SMILES string of the molecule is O=C(NCCc1cccc(F)c1)C(c1cccnc1)N(Cc1ccccc1)C(=O)c1cnc[nH]1. The summed E-state index contributed by atoms with van der Waals surface area (Å²) in [6.07, 6.45) is 6.50. The van der Waals surface area contributed by atoms with E-state index in [1.54, 1.807) is 36.7 Å². The molecule has 0 spiro atoms. The van der Waals surface area contributed by atoms with E-state index in [0.29, 0.717) is 12.0 Å². The zero-order valence-corrected chi connectivity index (χ0v) is 18.4. The fourth-order valence-electron chi connectivity index (χ4n) is 3.72. The van der Waals surface area contributed by atoms with Gasteiger partial charge in [0.2, 0.25) is 5.91 Å². The van der Waals surface area contributed by atoms with Crippen molar-refractivity contribution in [1.82, 2.24) is 25.2 Å². The summed E-state index contributed by atoms with van der Waals surface area (Å²) < 4.78 is 13.5. The van der Waals surface area contributed by atoms with Gasteiger partial charge in [-0.1, -0.05) is 48.5 Å². The van der Waals surface area contributed by atoms with Crippen molar-refractivity contribution in [3.8, 4) is 0 Å². The minimum atomic E-state index is -0.933. The third-order valence-corrected chi connectivity index (χ3v) is 5.35. The molecule has 0 saturated carbocycles. The highest BCUT2D eigenvalue weighted by molar-refractivity contribution is 5.96. The van der Waals surface area contributed by atoms with Crippen molar-refractivity contribution in [2.45, 2.75) is 19.0 Å². The fourth-order valence-corrected chi connectivity index (χ4v) is 3.72. The Bertz CT molecular complexity index is 1220. The first-order chi connectivity index (χ1) is 16.6. The summed E-state index contributed by atoms with van der Waals surface area (Å²) in [5.41, 5.74) is 2.50. The maximum atomic E-state index is 13.5. The molecule has 2 N–H and O–H groups in total. The Morgan fingerprint density at radius 1 is 0.971 bits per heavy atom. The number of carbonyl (C=O) groups excluding carboxylic acids is 2. The topological polar surface area (TPSA) is 91.0 Å². The van der Waals surface area contributed by atoms with Crippen LogP contribution >= 0.6 is 0 Å². The molecule has 1 atom stereocenters. The van der Waals surface area contributed by atoms with Crippen LogP contribution in [0, 0.1) is 5.82 Å². The molecule has 172 valence electrons. The molecule has 2 aromatic heterocycles. The van der Waals surface area contributed by atoms with Gasteiger partial charge in [-0.3, -0.25) is 14.6 Å². The second-order valence-electron chi connectivity index (χ2n) is 7.74. The lowest BCUT2D eigenvalue weighted by molar-refractivity contribution is -0.126. The van der Waals surface area contributed by atoms with Crippen LogP contribution in [0.4, 0.5) is 4.39 Å². The van der Waals surface area contributed by atoms with E-state index in [2.05, 4.69) is 20.3 Å².